The Kier molecular flexibility index (Phi) is 2.23. The first-order valence-electron chi connectivity index (χ1n) is 3.35. The molecule has 2 N–H and O–H groups in total. The number of aromatic nitrogens is 1. The van der Waals surface area contributed by atoms with E-state index in [1.165, 1.54) is 0 Å². The van der Waals surface area contributed by atoms with Gasteiger partial charge < -0.3 is 15.1 Å². The van der Waals surface area contributed by atoms with Crippen molar-refractivity contribution >= 4 is 12.2 Å². The molecule has 1 aromatic rings. The molecule has 1 amide bonds. The summed E-state index contributed by atoms with van der Waals surface area (Å²) < 4.78 is 4.70. The lowest BCUT2D eigenvalue weighted by atomic mass is 10.1. The maximum absolute atomic E-state index is 10.7. The number of carbonyl (C=O) groups is 2. The van der Waals surface area contributed by atoms with Gasteiger partial charge in [0.05, 0.1) is 0 Å². The van der Waals surface area contributed by atoms with Crippen molar-refractivity contribution < 1.29 is 14.1 Å². The first-order chi connectivity index (χ1) is 5.66. The van der Waals surface area contributed by atoms with Crippen molar-refractivity contribution in [1.29, 1.82) is 0 Å². The molecule has 0 aliphatic rings. The van der Waals surface area contributed by atoms with E-state index >= 15 is 0 Å². The number of hydrogen-bond acceptors (Lipinski definition) is 4. The number of nitrogens with two attached hydrogens (primary N) is 1. The molecule has 0 bridgehead atoms. The third kappa shape index (κ3) is 1.34. The normalized spacial score (nSPS) is 9.75. The Balaban J connectivity index is 3.11. The van der Waals surface area contributed by atoms with E-state index in [-0.39, 0.29) is 12.1 Å². The van der Waals surface area contributed by atoms with Crippen LogP contribution in [0, 0.1) is 6.92 Å². The van der Waals surface area contributed by atoms with E-state index in [9.17, 15) is 9.59 Å². The number of aldehydes is 1. The quantitative estimate of drug-likeness (QED) is 0.634. The van der Waals surface area contributed by atoms with Crippen LogP contribution < -0.4 is 5.73 Å². The van der Waals surface area contributed by atoms with Crippen molar-refractivity contribution in [2.24, 2.45) is 5.73 Å². The summed E-state index contributed by atoms with van der Waals surface area (Å²) >= 11 is 0. The lowest BCUT2D eigenvalue weighted by molar-refractivity contribution is -0.107. The van der Waals surface area contributed by atoms with E-state index in [4.69, 9.17) is 10.3 Å². The molecule has 0 aliphatic carbocycles. The molecule has 0 radical (unpaired) electrons. The van der Waals surface area contributed by atoms with Crippen molar-refractivity contribution in [3.63, 3.8) is 0 Å². The van der Waals surface area contributed by atoms with Gasteiger partial charge >= 0.3 is 0 Å². The zero-order valence-electron chi connectivity index (χ0n) is 6.53. The molecular weight excluding hydrogens is 160 g/mol. The summed E-state index contributed by atoms with van der Waals surface area (Å²) in [5, 5.41) is 3.43. The summed E-state index contributed by atoms with van der Waals surface area (Å²) in [5.41, 5.74) is 5.49. The number of amides is 1. The third-order valence-corrected chi connectivity index (χ3v) is 1.51. The fourth-order valence-corrected chi connectivity index (χ4v) is 0.908. The Morgan fingerprint density at radius 2 is 2.42 bits per heavy atom. The number of rotatable bonds is 3. The van der Waals surface area contributed by atoms with Crippen LogP contribution in [0.3, 0.4) is 0 Å². The van der Waals surface area contributed by atoms with E-state index < -0.39 is 5.91 Å². The van der Waals surface area contributed by atoms with Gasteiger partial charge in [0.1, 0.15) is 12.0 Å². The SMILES string of the molecule is Cc1onc(C(N)=O)c1CC=O. The molecule has 0 saturated carbocycles. The molecule has 12 heavy (non-hydrogen) atoms. The summed E-state index contributed by atoms with van der Waals surface area (Å²) in [6, 6.07) is 0. The van der Waals surface area contributed by atoms with Gasteiger partial charge in [-0.05, 0) is 6.92 Å². The van der Waals surface area contributed by atoms with Crippen molar-refractivity contribution in [2.45, 2.75) is 13.3 Å². The average molecular weight is 168 g/mol. The molecule has 0 aromatic carbocycles. The van der Waals surface area contributed by atoms with Gasteiger partial charge in [-0.2, -0.15) is 0 Å². The van der Waals surface area contributed by atoms with Gasteiger partial charge in [-0.1, -0.05) is 5.16 Å². The number of aryl methyl sites for hydroxylation is 1. The van der Waals surface area contributed by atoms with Gasteiger partial charge in [-0.25, -0.2) is 0 Å². The Bertz CT molecular complexity index is 316. The molecule has 5 heteroatoms. The summed E-state index contributed by atoms with van der Waals surface area (Å²) in [5.74, 6) is -0.223. The van der Waals surface area contributed by atoms with Gasteiger partial charge in [-0.15, -0.1) is 0 Å². The lowest BCUT2D eigenvalue weighted by Gasteiger charge is -1.90. The van der Waals surface area contributed by atoms with Gasteiger partial charge in [0.25, 0.3) is 5.91 Å². The number of nitrogens with zero attached hydrogens (tertiary/aromatic N) is 1. The lowest BCUT2D eigenvalue weighted by Crippen LogP contribution is -2.14. The number of hydrogen-bond donors (Lipinski definition) is 1. The average Bonchev–Trinajstić information content (AvgIpc) is 2.34. The standard InChI is InChI=1S/C7H8N2O3/c1-4-5(2-3-10)6(7(8)11)9-12-4/h3H,2H2,1H3,(H2,8,11). The molecule has 0 unspecified atom stereocenters. The maximum Gasteiger partial charge on any atom is 0.271 e. The highest BCUT2D eigenvalue weighted by molar-refractivity contribution is 5.92. The Morgan fingerprint density at radius 3 is 2.92 bits per heavy atom. The molecule has 0 aliphatic heterocycles. The second kappa shape index (κ2) is 3.17. The number of primary amides is 1. The van der Waals surface area contributed by atoms with Crippen molar-refractivity contribution in [2.75, 3.05) is 0 Å². The van der Waals surface area contributed by atoms with Gasteiger partial charge in [0.15, 0.2) is 5.69 Å². The molecule has 1 aromatic heterocycles. The minimum absolute atomic E-state index is 0.0413. The minimum atomic E-state index is -0.677. The van der Waals surface area contributed by atoms with E-state index in [1.807, 2.05) is 0 Å². The van der Waals surface area contributed by atoms with Crippen LogP contribution in [-0.2, 0) is 11.2 Å². The maximum atomic E-state index is 10.7. The molecule has 0 fully saturated rings. The Hall–Kier alpha value is -1.65. The first-order valence-corrected chi connectivity index (χ1v) is 3.35. The zero-order chi connectivity index (χ0) is 9.14. The molecule has 0 saturated heterocycles. The molecule has 1 rings (SSSR count). The highest BCUT2D eigenvalue weighted by atomic mass is 16.5. The van der Waals surface area contributed by atoms with E-state index in [0.29, 0.717) is 17.6 Å². The Morgan fingerprint density at radius 1 is 1.75 bits per heavy atom. The van der Waals surface area contributed by atoms with Gasteiger partial charge in [0, 0.05) is 12.0 Å². The fraction of sp³-hybridized carbons (Fsp3) is 0.286. The van der Waals surface area contributed by atoms with Crippen molar-refractivity contribution in [3.8, 4) is 0 Å². The fourth-order valence-electron chi connectivity index (χ4n) is 0.908. The second-order valence-corrected chi connectivity index (χ2v) is 2.30. The van der Waals surface area contributed by atoms with Crippen LogP contribution in [0.4, 0.5) is 0 Å². The third-order valence-electron chi connectivity index (χ3n) is 1.51. The van der Waals surface area contributed by atoms with E-state index in [2.05, 4.69) is 5.16 Å². The zero-order valence-corrected chi connectivity index (χ0v) is 6.53. The second-order valence-electron chi connectivity index (χ2n) is 2.30. The van der Waals surface area contributed by atoms with Gasteiger partial charge in [0.2, 0.25) is 0 Å². The topological polar surface area (TPSA) is 86.2 Å². The molecule has 1 heterocycles. The van der Waals surface area contributed by atoms with Crippen LogP contribution in [0.5, 0.6) is 0 Å². The van der Waals surface area contributed by atoms with Crippen LogP contribution in [-0.4, -0.2) is 17.4 Å². The van der Waals surface area contributed by atoms with Crippen molar-refractivity contribution in [1.82, 2.24) is 5.16 Å². The van der Waals surface area contributed by atoms with Crippen LogP contribution in [0.2, 0.25) is 0 Å². The monoisotopic (exact) mass is 168 g/mol. The predicted octanol–water partition coefficient (Wildman–Crippen LogP) is -0.177. The van der Waals surface area contributed by atoms with E-state index in [1.54, 1.807) is 6.92 Å². The molecule has 64 valence electrons. The van der Waals surface area contributed by atoms with Crippen LogP contribution in [0.25, 0.3) is 0 Å². The summed E-state index contributed by atoms with van der Waals surface area (Å²) in [6.07, 6.45) is 0.777. The summed E-state index contributed by atoms with van der Waals surface area (Å²) in [4.78, 5) is 20.9. The first kappa shape index (κ1) is 8.45. The number of carbonyl (C=O) groups excluding carboxylic acids is 2. The van der Waals surface area contributed by atoms with Crippen molar-refractivity contribution in [3.05, 3.63) is 17.0 Å². The van der Waals surface area contributed by atoms with Crippen LogP contribution in [0.1, 0.15) is 21.8 Å². The van der Waals surface area contributed by atoms with Crippen LogP contribution in [0.15, 0.2) is 4.52 Å². The van der Waals surface area contributed by atoms with Crippen LogP contribution >= 0.6 is 0 Å². The molecule has 0 atom stereocenters. The van der Waals surface area contributed by atoms with E-state index in [0.717, 1.165) is 0 Å². The summed E-state index contributed by atoms with van der Waals surface area (Å²) in [6.45, 7) is 1.62. The largest absolute Gasteiger partial charge is 0.364 e. The highest BCUT2D eigenvalue weighted by Crippen LogP contribution is 2.12. The highest BCUT2D eigenvalue weighted by Gasteiger charge is 2.16. The molecule has 0 spiro atoms. The summed E-state index contributed by atoms with van der Waals surface area (Å²) in [7, 11) is 0. The molecular formula is C7H8N2O3. The predicted molar refractivity (Wildman–Crippen MR) is 39.5 cm³/mol. The van der Waals surface area contributed by atoms with Gasteiger partial charge in [-0.3, -0.25) is 4.79 Å². The minimum Gasteiger partial charge on any atom is -0.364 e. The molecule has 5 nitrogen and oxygen atoms in total. The smallest absolute Gasteiger partial charge is 0.271 e. The Labute approximate surface area is 68.5 Å².